The van der Waals surface area contributed by atoms with E-state index in [9.17, 15) is 9.59 Å². The molecule has 0 bridgehead atoms. The zero-order valence-corrected chi connectivity index (χ0v) is 16.1. The molecule has 28 heavy (non-hydrogen) atoms. The minimum atomic E-state index is -0.711. The number of rotatable bonds is 6. The zero-order chi connectivity index (χ0) is 20.3. The van der Waals surface area contributed by atoms with Crippen molar-refractivity contribution in [2.75, 3.05) is 21.3 Å². The molecule has 1 aromatic carbocycles. The fraction of sp³-hybridized carbons (Fsp3) is 0.300. The summed E-state index contributed by atoms with van der Waals surface area (Å²) < 4.78 is 21.4. The monoisotopic (exact) mass is 386 g/mol. The van der Waals surface area contributed by atoms with E-state index in [2.05, 4.69) is 5.32 Å². The Morgan fingerprint density at radius 1 is 1.21 bits per heavy atom. The molecule has 1 aliphatic heterocycles. The number of amides is 2. The van der Waals surface area contributed by atoms with Gasteiger partial charge in [-0.25, -0.2) is 9.59 Å². The first kappa shape index (κ1) is 19.3. The highest BCUT2D eigenvalue weighted by Gasteiger charge is 2.36. The first-order chi connectivity index (χ1) is 13.5. The predicted octanol–water partition coefficient (Wildman–Crippen LogP) is 3.01. The Bertz CT molecular complexity index is 903. The summed E-state index contributed by atoms with van der Waals surface area (Å²) in [6, 6.07) is 7.63. The molecule has 1 unspecified atom stereocenters. The third-order valence-electron chi connectivity index (χ3n) is 4.62. The van der Waals surface area contributed by atoms with Gasteiger partial charge < -0.3 is 28.8 Å². The molecule has 1 aromatic heterocycles. The molecule has 0 spiro atoms. The number of carbonyl (C=O) groups excluding carboxylic acids is 2. The third kappa shape index (κ3) is 3.66. The molecule has 2 amide bonds. The summed E-state index contributed by atoms with van der Waals surface area (Å²) in [5.41, 5.74) is 1.56. The second kappa shape index (κ2) is 8.08. The third-order valence-corrected chi connectivity index (χ3v) is 4.62. The smallest absolute Gasteiger partial charge is 0.338 e. The van der Waals surface area contributed by atoms with Gasteiger partial charge in [-0.15, -0.1) is 0 Å². The number of urea groups is 1. The molecule has 8 nitrogen and oxygen atoms in total. The van der Waals surface area contributed by atoms with Gasteiger partial charge in [0.1, 0.15) is 18.4 Å². The molecule has 0 aliphatic carbocycles. The number of hydrogen-bond donors (Lipinski definition) is 1. The molecule has 3 rings (SSSR count). The van der Waals surface area contributed by atoms with E-state index in [0.717, 1.165) is 5.56 Å². The highest BCUT2D eigenvalue weighted by molar-refractivity contribution is 5.94. The highest BCUT2D eigenvalue weighted by Crippen LogP contribution is 2.32. The number of benzene rings is 1. The predicted molar refractivity (Wildman–Crippen MR) is 99.8 cm³/mol. The lowest BCUT2D eigenvalue weighted by Gasteiger charge is -2.32. The minimum Gasteiger partial charge on any atom is -0.493 e. The lowest BCUT2D eigenvalue weighted by molar-refractivity contribution is -0.141. The molecule has 1 N–H and O–H groups in total. The van der Waals surface area contributed by atoms with Crippen LogP contribution in [0.2, 0.25) is 0 Å². The summed E-state index contributed by atoms with van der Waals surface area (Å²) in [6.45, 7) is 1.74. The fourth-order valence-corrected chi connectivity index (χ4v) is 2.97. The summed E-state index contributed by atoms with van der Waals surface area (Å²) in [5.74, 6) is 1.05. The van der Waals surface area contributed by atoms with Crippen molar-refractivity contribution >= 4 is 12.0 Å². The second-order valence-corrected chi connectivity index (χ2v) is 6.22. The Morgan fingerprint density at radius 3 is 2.61 bits per heavy atom. The number of nitrogens with one attached hydrogen (secondary N) is 1. The van der Waals surface area contributed by atoms with Crippen molar-refractivity contribution in [2.24, 2.45) is 0 Å². The van der Waals surface area contributed by atoms with Crippen LogP contribution in [0.3, 0.4) is 0 Å². The summed E-state index contributed by atoms with van der Waals surface area (Å²) in [4.78, 5) is 26.4. The van der Waals surface area contributed by atoms with Gasteiger partial charge >= 0.3 is 12.0 Å². The van der Waals surface area contributed by atoms with Crippen molar-refractivity contribution in [2.45, 2.75) is 19.6 Å². The lowest BCUT2D eigenvalue weighted by Crippen LogP contribution is -2.46. The zero-order valence-electron chi connectivity index (χ0n) is 16.1. The average molecular weight is 386 g/mol. The van der Waals surface area contributed by atoms with Crippen molar-refractivity contribution in [1.29, 1.82) is 0 Å². The Labute approximate surface area is 162 Å². The average Bonchev–Trinajstić information content (AvgIpc) is 3.24. The maximum absolute atomic E-state index is 12.9. The molecule has 2 heterocycles. The van der Waals surface area contributed by atoms with Crippen LogP contribution in [0.1, 0.15) is 24.3 Å². The molecule has 148 valence electrons. The quantitative estimate of drug-likeness (QED) is 0.768. The summed E-state index contributed by atoms with van der Waals surface area (Å²) in [6.07, 6.45) is 1.49. The standard InChI is InChI=1S/C20H22N2O6/c1-12-17(18(15-6-5-9-27-15)21-20(24)22(12)2)19(23)28-11-13-7-8-14(25-3)16(10-13)26-4/h5-10,18H,11H2,1-4H3,(H,21,24). The molecule has 2 aromatic rings. The van der Waals surface area contributed by atoms with Gasteiger partial charge in [0.2, 0.25) is 0 Å². The van der Waals surface area contributed by atoms with E-state index < -0.39 is 12.0 Å². The molecule has 1 aliphatic rings. The van der Waals surface area contributed by atoms with E-state index in [-0.39, 0.29) is 12.6 Å². The maximum atomic E-state index is 12.9. The van der Waals surface area contributed by atoms with Crippen LogP contribution in [0.15, 0.2) is 52.3 Å². The molecule has 0 saturated heterocycles. The van der Waals surface area contributed by atoms with E-state index in [4.69, 9.17) is 18.6 Å². The van der Waals surface area contributed by atoms with Crippen LogP contribution in [-0.4, -0.2) is 38.2 Å². The van der Waals surface area contributed by atoms with Gasteiger partial charge in [-0.2, -0.15) is 0 Å². The van der Waals surface area contributed by atoms with Gasteiger partial charge in [-0.05, 0) is 36.8 Å². The number of ether oxygens (including phenoxy) is 3. The van der Waals surface area contributed by atoms with E-state index in [1.54, 1.807) is 51.4 Å². The molecule has 0 radical (unpaired) electrons. The SMILES string of the molecule is COc1ccc(COC(=O)C2=C(C)N(C)C(=O)NC2c2ccco2)cc1OC. The van der Waals surface area contributed by atoms with Crippen LogP contribution in [-0.2, 0) is 16.1 Å². The number of nitrogens with zero attached hydrogens (tertiary/aromatic N) is 1. The van der Waals surface area contributed by atoms with Crippen LogP contribution in [0.5, 0.6) is 11.5 Å². The van der Waals surface area contributed by atoms with Gasteiger partial charge in [0, 0.05) is 12.7 Å². The number of furan rings is 1. The molecular formula is C20H22N2O6. The summed E-state index contributed by atoms with van der Waals surface area (Å²) >= 11 is 0. The minimum absolute atomic E-state index is 0.0402. The number of esters is 1. The van der Waals surface area contributed by atoms with Crippen molar-refractivity contribution in [3.63, 3.8) is 0 Å². The van der Waals surface area contributed by atoms with Crippen molar-refractivity contribution < 1.29 is 28.2 Å². The van der Waals surface area contributed by atoms with Crippen LogP contribution >= 0.6 is 0 Å². The number of allylic oxidation sites excluding steroid dienone is 1. The Kier molecular flexibility index (Phi) is 5.58. The second-order valence-electron chi connectivity index (χ2n) is 6.22. The van der Waals surface area contributed by atoms with Gasteiger partial charge in [0.25, 0.3) is 0 Å². The van der Waals surface area contributed by atoms with E-state index >= 15 is 0 Å². The maximum Gasteiger partial charge on any atom is 0.338 e. The van der Waals surface area contributed by atoms with Crippen LogP contribution in [0.4, 0.5) is 4.79 Å². The van der Waals surface area contributed by atoms with Crippen molar-refractivity contribution in [1.82, 2.24) is 10.2 Å². The van der Waals surface area contributed by atoms with Gasteiger partial charge in [-0.3, -0.25) is 0 Å². The van der Waals surface area contributed by atoms with E-state index in [1.165, 1.54) is 18.3 Å². The highest BCUT2D eigenvalue weighted by atomic mass is 16.5. The summed E-state index contributed by atoms with van der Waals surface area (Å²) in [7, 11) is 4.68. The van der Waals surface area contributed by atoms with Gasteiger partial charge in [0.15, 0.2) is 11.5 Å². The number of hydrogen-bond acceptors (Lipinski definition) is 6. The molecule has 8 heteroatoms. The van der Waals surface area contributed by atoms with Crippen LogP contribution < -0.4 is 14.8 Å². The van der Waals surface area contributed by atoms with Crippen LogP contribution in [0, 0.1) is 0 Å². The molecule has 0 saturated carbocycles. The molecular weight excluding hydrogens is 364 g/mol. The lowest BCUT2D eigenvalue weighted by atomic mass is 10.00. The largest absolute Gasteiger partial charge is 0.493 e. The molecule has 1 atom stereocenters. The van der Waals surface area contributed by atoms with Gasteiger partial charge in [-0.1, -0.05) is 6.07 Å². The molecule has 0 fully saturated rings. The number of methoxy groups -OCH3 is 2. The fourth-order valence-electron chi connectivity index (χ4n) is 2.97. The first-order valence-corrected chi connectivity index (χ1v) is 8.62. The van der Waals surface area contributed by atoms with Gasteiger partial charge in [0.05, 0.1) is 26.1 Å². The Balaban J connectivity index is 1.82. The summed E-state index contributed by atoms with van der Waals surface area (Å²) in [5, 5.41) is 2.76. The normalized spacial score (nSPS) is 16.6. The van der Waals surface area contributed by atoms with Crippen molar-refractivity contribution in [3.05, 3.63) is 59.2 Å². The topological polar surface area (TPSA) is 90.2 Å². The Hall–Kier alpha value is -3.42. The van der Waals surface area contributed by atoms with E-state index in [0.29, 0.717) is 28.5 Å². The number of carbonyl (C=O) groups is 2. The van der Waals surface area contributed by atoms with E-state index in [1.807, 2.05) is 0 Å². The van der Waals surface area contributed by atoms with Crippen molar-refractivity contribution in [3.8, 4) is 11.5 Å². The first-order valence-electron chi connectivity index (χ1n) is 8.62. The Morgan fingerprint density at radius 2 is 1.96 bits per heavy atom. The van der Waals surface area contributed by atoms with Crippen LogP contribution in [0.25, 0.3) is 0 Å².